The van der Waals surface area contributed by atoms with Crippen molar-refractivity contribution in [3.63, 3.8) is 0 Å². The number of rotatable bonds is 3. The Morgan fingerprint density at radius 3 is 2.69 bits per heavy atom. The summed E-state index contributed by atoms with van der Waals surface area (Å²) in [4.78, 5) is 22.0. The van der Waals surface area contributed by atoms with Crippen molar-refractivity contribution >= 4 is 17.6 Å². The lowest BCUT2D eigenvalue weighted by Crippen LogP contribution is -2.15. The van der Waals surface area contributed by atoms with Crippen LogP contribution in [0.5, 0.6) is 0 Å². The smallest absolute Gasteiger partial charge is 0.344 e. The Kier molecular flexibility index (Phi) is 3.82. The lowest BCUT2D eigenvalue weighted by atomic mass is 10.2. The molecule has 1 aromatic rings. The summed E-state index contributed by atoms with van der Waals surface area (Å²) in [6.45, 7) is -0.513. The van der Waals surface area contributed by atoms with E-state index in [0.717, 1.165) is 6.07 Å². The number of esters is 2. The Bertz CT molecular complexity index is 419. The fourth-order valence-electron chi connectivity index (χ4n) is 0.921. The summed E-state index contributed by atoms with van der Waals surface area (Å²) in [5, 5.41) is 0. The third-order valence-corrected chi connectivity index (χ3v) is 1.78. The van der Waals surface area contributed by atoms with Crippen molar-refractivity contribution in [1.29, 1.82) is 0 Å². The Balaban J connectivity index is 2.66. The summed E-state index contributed by atoms with van der Waals surface area (Å²) >= 11 is 0. The van der Waals surface area contributed by atoms with E-state index in [2.05, 4.69) is 9.47 Å². The maximum atomic E-state index is 13.0. The van der Waals surface area contributed by atoms with Crippen LogP contribution in [0, 0.1) is 5.82 Å². The topological polar surface area (TPSA) is 78.6 Å². The van der Waals surface area contributed by atoms with Gasteiger partial charge in [0.2, 0.25) is 0 Å². The molecule has 0 atom stereocenters. The van der Waals surface area contributed by atoms with Gasteiger partial charge in [0, 0.05) is 0 Å². The maximum absolute atomic E-state index is 13.0. The van der Waals surface area contributed by atoms with Gasteiger partial charge in [-0.3, -0.25) is 0 Å². The van der Waals surface area contributed by atoms with E-state index in [1.54, 1.807) is 0 Å². The summed E-state index contributed by atoms with van der Waals surface area (Å²) in [7, 11) is 1.17. The summed E-state index contributed by atoms with van der Waals surface area (Å²) in [5.41, 5.74) is 5.15. The number of carbonyl (C=O) groups excluding carboxylic acids is 2. The fourth-order valence-corrected chi connectivity index (χ4v) is 0.921. The molecule has 0 radical (unpaired) electrons. The number of hydrogen-bond donors (Lipinski definition) is 1. The highest BCUT2D eigenvalue weighted by Gasteiger charge is 2.11. The van der Waals surface area contributed by atoms with Crippen molar-refractivity contribution < 1.29 is 23.5 Å². The molecule has 6 heteroatoms. The Morgan fingerprint density at radius 1 is 1.44 bits per heavy atom. The first-order chi connectivity index (χ1) is 7.54. The van der Waals surface area contributed by atoms with Crippen LogP contribution in [0.2, 0.25) is 0 Å². The van der Waals surface area contributed by atoms with Gasteiger partial charge in [0.05, 0.1) is 18.4 Å². The standard InChI is InChI=1S/C10H10FNO4/c1-15-9(13)5-16-10(14)6-2-3-8(12)7(11)4-6/h2-4H,5,12H2,1H3. The second kappa shape index (κ2) is 5.11. The van der Waals surface area contributed by atoms with E-state index in [9.17, 15) is 14.0 Å². The number of hydrogen-bond acceptors (Lipinski definition) is 5. The lowest BCUT2D eigenvalue weighted by Gasteiger charge is -2.04. The molecule has 5 nitrogen and oxygen atoms in total. The minimum absolute atomic E-state index is 0.0180. The number of methoxy groups -OCH3 is 1. The molecule has 86 valence electrons. The minimum Gasteiger partial charge on any atom is -0.466 e. The third-order valence-electron chi connectivity index (χ3n) is 1.78. The first kappa shape index (κ1) is 12.0. The molecule has 0 aliphatic rings. The summed E-state index contributed by atoms with van der Waals surface area (Å²) in [5.74, 6) is -2.22. The number of benzene rings is 1. The highest BCUT2D eigenvalue weighted by atomic mass is 19.1. The number of halogens is 1. The number of anilines is 1. The van der Waals surface area contributed by atoms with Crippen LogP contribution < -0.4 is 5.73 Å². The van der Waals surface area contributed by atoms with Crippen LogP contribution in [0.3, 0.4) is 0 Å². The van der Waals surface area contributed by atoms with Crippen molar-refractivity contribution in [2.24, 2.45) is 0 Å². The molecule has 0 aliphatic carbocycles. The molecule has 1 rings (SSSR count). The molecule has 2 N–H and O–H groups in total. The molecule has 0 bridgehead atoms. The van der Waals surface area contributed by atoms with Gasteiger partial charge < -0.3 is 15.2 Å². The van der Waals surface area contributed by atoms with E-state index in [1.807, 2.05) is 0 Å². The van der Waals surface area contributed by atoms with Crippen LogP contribution >= 0.6 is 0 Å². The van der Waals surface area contributed by atoms with Gasteiger partial charge in [0.15, 0.2) is 6.61 Å². The lowest BCUT2D eigenvalue weighted by molar-refractivity contribution is -0.144. The van der Waals surface area contributed by atoms with E-state index in [1.165, 1.54) is 19.2 Å². The second-order valence-electron chi connectivity index (χ2n) is 2.89. The van der Waals surface area contributed by atoms with Crippen LogP contribution in [-0.2, 0) is 14.3 Å². The molecule has 1 aromatic carbocycles. The Labute approximate surface area is 90.9 Å². The van der Waals surface area contributed by atoms with Gasteiger partial charge in [-0.25, -0.2) is 14.0 Å². The molecule has 0 saturated carbocycles. The molecule has 0 unspecified atom stereocenters. The van der Waals surface area contributed by atoms with Gasteiger partial charge in [0.25, 0.3) is 0 Å². The highest BCUT2D eigenvalue weighted by molar-refractivity contribution is 5.91. The minimum atomic E-state index is -0.815. The van der Waals surface area contributed by atoms with E-state index >= 15 is 0 Å². The van der Waals surface area contributed by atoms with Gasteiger partial charge in [-0.2, -0.15) is 0 Å². The zero-order chi connectivity index (χ0) is 12.1. The number of nitrogen functional groups attached to an aromatic ring is 1. The third kappa shape index (κ3) is 2.94. The van der Waals surface area contributed by atoms with Crippen molar-refractivity contribution in [2.45, 2.75) is 0 Å². The first-order valence-corrected chi connectivity index (χ1v) is 4.33. The summed E-state index contributed by atoms with van der Waals surface area (Å²) in [6.07, 6.45) is 0. The Hall–Kier alpha value is -2.11. The number of carbonyl (C=O) groups is 2. The molecule has 0 fully saturated rings. The summed E-state index contributed by atoms with van der Waals surface area (Å²) < 4.78 is 21.8. The molecular formula is C10H10FNO4. The van der Waals surface area contributed by atoms with E-state index in [0.29, 0.717) is 0 Å². The van der Waals surface area contributed by atoms with Gasteiger partial charge in [-0.1, -0.05) is 0 Å². The van der Waals surface area contributed by atoms with E-state index < -0.39 is 24.4 Å². The van der Waals surface area contributed by atoms with Crippen molar-refractivity contribution in [2.75, 3.05) is 19.5 Å². The van der Waals surface area contributed by atoms with Gasteiger partial charge in [-0.05, 0) is 18.2 Å². The molecular weight excluding hydrogens is 217 g/mol. The van der Waals surface area contributed by atoms with Crippen LogP contribution in [0.1, 0.15) is 10.4 Å². The predicted molar refractivity (Wildman–Crippen MR) is 53.1 cm³/mol. The molecule has 16 heavy (non-hydrogen) atoms. The Morgan fingerprint density at radius 2 is 2.12 bits per heavy atom. The average molecular weight is 227 g/mol. The fraction of sp³-hybridized carbons (Fsp3) is 0.200. The van der Waals surface area contributed by atoms with Gasteiger partial charge >= 0.3 is 11.9 Å². The predicted octanol–water partition coefficient (Wildman–Crippen LogP) is 0.738. The second-order valence-corrected chi connectivity index (χ2v) is 2.89. The van der Waals surface area contributed by atoms with Crippen LogP contribution in [0.15, 0.2) is 18.2 Å². The largest absolute Gasteiger partial charge is 0.466 e. The molecule has 0 spiro atoms. The molecule has 0 aliphatic heterocycles. The average Bonchev–Trinajstić information content (AvgIpc) is 2.29. The van der Waals surface area contributed by atoms with Crippen molar-refractivity contribution in [3.8, 4) is 0 Å². The zero-order valence-electron chi connectivity index (χ0n) is 8.53. The van der Waals surface area contributed by atoms with Crippen LogP contribution in [0.25, 0.3) is 0 Å². The quantitative estimate of drug-likeness (QED) is 0.608. The highest BCUT2D eigenvalue weighted by Crippen LogP contribution is 2.12. The normalized spacial score (nSPS) is 9.62. The monoisotopic (exact) mass is 227 g/mol. The zero-order valence-corrected chi connectivity index (χ0v) is 8.53. The van der Waals surface area contributed by atoms with E-state index in [-0.39, 0.29) is 11.3 Å². The van der Waals surface area contributed by atoms with Gasteiger partial charge in [0.1, 0.15) is 5.82 Å². The summed E-state index contributed by atoms with van der Waals surface area (Å²) in [6, 6.07) is 3.48. The number of ether oxygens (including phenoxy) is 2. The SMILES string of the molecule is COC(=O)COC(=O)c1ccc(N)c(F)c1. The maximum Gasteiger partial charge on any atom is 0.344 e. The molecule has 0 amide bonds. The first-order valence-electron chi connectivity index (χ1n) is 4.33. The molecule has 0 heterocycles. The van der Waals surface area contributed by atoms with E-state index in [4.69, 9.17) is 5.73 Å². The molecule has 0 aromatic heterocycles. The van der Waals surface area contributed by atoms with Crippen molar-refractivity contribution in [1.82, 2.24) is 0 Å². The molecule has 0 saturated heterocycles. The van der Waals surface area contributed by atoms with Crippen LogP contribution in [0.4, 0.5) is 10.1 Å². The van der Waals surface area contributed by atoms with Crippen LogP contribution in [-0.4, -0.2) is 25.7 Å². The van der Waals surface area contributed by atoms with Crippen molar-refractivity contribution in [3.05, 3.63) is 29.6 Å². The number of nitrogens with two attached hydrogens (primary N) is 1. The van der Waals surface area contributed by atoms with Gasteiger partial charge in [-0.15, -0.1) is 0 Å².